The van der Waals surface area contributed by atoms with Crippen molar-refractivity contribution in [3.05, 3.63) is 36.5 Å². The monoisotopic (exact) mass is 200 g/mol. The minimum absolute atomic E-state index is 0.0520. The molecule has 0 atom stereocenters. The molecule has 3 heteroatoms. The van der Waals surface area contributed by atoms with Gasteiger partial charge in [-0.2, -0.15) is 5.26 Å². The molecule has 1 aromatic carbocycles. The number of hydrogen-bond acceptors (Lipinski definition) is 2. The van der Waals surface area contributed by atoms with E-state index in [-0.39, 0.29) is 5.91 Å². The molecule has 1 heterocycles. The summed E-state index contributed by atoms with van der Waals surface area (Å²) in [5.41, 5.74) is 0.977. The molecule has 15 heavy (non-hydrogen) atoms. The van der Waals surface area contributed by atoms with Crippen LogP contribution in [0.2, 0.25) is 0 Å². The smallest absolute Gasteiger partial charge is 0.227 e. The summed E-state index contributed by atoms with van der Waals surface area (Å²) in [5, 5.41) is 8.42. The minimum atomic E-state index is 0.0520. The van der Waals surface area contributed by atoms with Crippen molar-refractivity contribution in [2.75, 3.05) is 0 Å². The van der Waals surface area contributed by atoms with Gasteiger partial charge in [-0.3, -0.25) is 9.36 Å². The van der Waals surface area contributed by atoms with E-state index >= 15 is 0 Å². The Labute approximate surface area is 88.6 Å². The van der Waals surface area contributed by atoms with Gasteiger partial charge < -0.3 is 0 Å². The Kier molecular flexibility index (Phi) is 3.64. The van der Waals surface area contributed by atoms with Crippen molar-refractivity contribution in [1.29, 1.82) is 5.26 Å². The van der Waals surface area contributed by atoms with Crippen molar-refractivity contribution < 1.29 is 4.79 Å². The molecule has 0 radical (unpaired) electrons. The van der Waals surface area contributed by atoms with Crippen LogP contribution < -0.4 is 0 Å². The molecule has 0 fully saturated rings. The van der Waals surface area contributed by atoms with Crippen LogP contribution in [0.3, 0.4) is 0 Å². The number of hydrogen-bond donors (Lipinski definition) is 0. The number of para-hydroxylation sites is 1. The molecule has 0 aliphatic rings. The first-order chi connectivity index (χ1) is 7.20. The molecule has 0 aliphatic heterocycles. The summed E-state index contributed by atoms with van der Waals surface area (Å²) in [4.78, 5) is 11.1. The van der Waals surface area contributed by atoms with Crippen molar-refractivity contribution in [1.82, 2.24) is 4.57 Å². The van der Waals surface area contributed by atoms with Gasteiger partial charge in [0.2, 0.25) is 5.91 Å². The molecule has 0 spiro atoms. The Hall–Kier alpha value is -2.08. The van der Waals surface area contributed by atoms with Crippen LogP contribution in [0.4, 0.5) is 0 Å². The summed E-state index contributed by atoms with van der Waals surface area (Å²) >= 11 is 0. The minimum Gasteiger partial charge on any atom is -0.287 e. The molecule has 2 aromatic rings. The summed E-state index contributed by atoms with van der Waals surface area (Å²) in [7, 11) is 0. The molecule has 0 bridgehead atoms. The van der Waals surface area contributed by atoms with Crippen molar-refractivity contribution in [2.45, 2.75) is 13.8 Å². The van der Waals surface area contributed by atoms with Crippen molar-refractivity contribution in [3.8, 4) is 6.07 Å². The highest BCUT2D eigenvalue weighted by molar-refractivity contribution is 5.91. The second-order valence-corrected chi connectivity index (χ2v) is 2.99. The van der Waals surface area contributed by atoms with E-state index in [2.05, 4.69) is 0 Å². The number of carbonyl (C=O) groups excluding carboxylic acids is 1. The van der Waals surface area contributed by atoms with Crippen LogP contribution >= 0.6 is 0 Å². The van der Waals surface area contributed by atoms with Crippen LogP contribution in [0.25, 0.3) is 10.9 Å². The molecule has 3 nitrogen and oxygen atoms in total. The lowest BCUT2D eigenvalue weighted by Crippen LogP contribution is -2.02. The molecule has 0 saturated heterocycles. The zero-order valence-electron chi connectivity index (χ0n) is 8.77. The van der Waals surface area contributed by atoms with Gasteiger partial charge in [0.15, 0.2) is 0 Å². The molecule has 0 N–H and O–H groups in total. The first-order valence-corrected chi connectivity index (χ1v) is 4.58. The van der Waals surface area contributed by atoms with E-state index in [1.54, 1.807) is 23.8 Å². The number of rotatable bonds is 0. The highest BCUT2D eigenvalue weighted by Gasteiger charge is 2.01. The van der Waals surface area contributed by atoms with Crippen LogP contribution in [0.5, 0.6) is 0 Å². The number of fused-ring (bicyclic) bond motifs is 1. The van der Waals surface area contributed by atoms with Gasteiger partial charge in [0, 0.05) is 25.4 Å². The van der Waals surface area contributed by atoms with E-state index in [9.17, 15) is 4.79 Å². The molecule has 0 aliphatic carbocycles. The van der Waals surface area contributed by atoms with E-state index in [0.29, 0.717) is 0 Å². The van der Waals surface area contributed by atoms with E-state index < -0.39 is 0 Å². The van der Waals surface area contributed by atoms with Crippen LogP contribution in [-0.2, 0) is 0 Å². The predicted molar refractivity (Wildman–Crippen MR) is 59.5 cm³/mol. The summed E-state index contributed by atoms with van der Waals surface area (Å²) < 4.78 is 1.65. The standard InChI is InChI=1S/C10H9NO.C2H3N/c1-8(12)11-7-6-9-4-2-3-5-10(9)11;1-2-3/h2-7H,1H3;1H3. The van der Waals surface area contributed by atoms with E-state index in [0.717, 1.165) is 10.9 Å². The molecule has 1 aromatic heterocycles. The van der Waals surface area contributed by atoms with Crippen molar-refractivity contribution in [2.24, 2.45) is 0 Å². The average Bonchev–Trinajstić information content (AvgIpc) is 2.62. The highest BCUT2D eigenvalue weighted by Crippen LogP contribution is 2.14. The second kappa shape index (κ2) is 4.97. The molecule has 2 rings (SSSR count). The van der Waals surface area contributed by atoms with Gasteiger partial charge in [-0.25, -0.2) is 0 Å². The molecule has 0 unspecified atom stereocenters. The molecule has 0 amide bonds. The SMILES string of the molecule is CC#N.CC(=O)n1ccc2ccccc21. The number of nitriles is 1. The topological polar surface area (TPSA) is 45.8 Å². The summed E-state index contributed by atoms with van der Waals surface area (Å²) in [6.45, 7) is 2.99. The van der Waals surface area contributed by atoms with E-state index in [1.165, 1.54) is 6.92 Å². The fourth-order valence-corrected chi connectivity index (χ4v) is 1.36. The van der Waals surface area contributed by atoms with Crippen LogP contribution in [0.1, 0.15) is 18.6 Å². The zero-order chi connectivity index (χ0) is 11.3. The second-order valence-electron chi connectivity index (χ2n) is 2.99. The van der Waals surface area contributed by atoms with Crippen LogP contribution in [0, 0.1) is 11.3 Å². The Morgan fingerprint density at radius 3 is 2.53 bits per heavy atom. The summed E-state index contributed by atoms with van der Waals surface area (Å²) in [6, 6.07) is 11.5. The number of benzene rings is 1. The lowest BCUT2D eigenvalue weighted by atomic mass is 10.2. The van der Waals surface area contributed by atoms with E-state index in [4.69, 9.17) is 5.26 Å². The van der Waals surface area contributed by atoms with E-state index in [1.807, 2.05) is 30.3 Å². The normalized spacial score (nSPS) is 8.87. The summed E-state index contributed by atoms with van der Waals surface area (Å²) in [5.74, 6) is 0.0520. The Bertz CT molecular complexity index is 506. The van der Waals surface area contributed by atoms with Gasteiger partial charge >= 0.3 is 0 Å². The van der Waals surface area contributed by atoms with Gasteiger partial charge in [0.05, 0.1) is 11.6 Å². The number of aromatic nitrogens is 1. The van der Waals surface area contributed by atoms with Gasteiger partial charge in [-0.05, 0) is 12.1 Å². The van der Waals surface area contributed by atoms with Gasteiger partial charge in [-0.15, -0.1) is 0 Å². The first-order valence-electron chi connectivity index (χ1n) is 4.58. The predicted octanol–water partition coefficient (Wildman–Crippen LogP) is 2.83. The maximum Gasteiger partial charge on any atom is 0.227 e. The van der Waals surface area contributed by atoms with Crippen molar-refractivity contribution >= 4 is 16.8 Å². The maximum absolute atomic E-state index is 11.1. The maximum atomic E-state index is 11.1. The fourth-order valence-electron chi connectivity index (χ4n) is 1.36. The molecular formula is C12H12N2O. The average molecular weight is 200 g/mol. The van der Waals surface area contributed by atoms with Gasteiger partial charge in [-0.1, -0.05) is 18.2 Å². The number of nitrogens with zero attached hydrogens (tertiary/aromatic N) is 2. The highest BCUT2D eigenvalue weighted by atomic mass is 16.1. The Balaban J connectivity index is 0.000000337. The molecular weight excluding hydrogens is 188 g/mol. The number of carbonyl (C=O) groups is 1. The Morgan fingerprint density at radius 1 is 1.33 bits per heavy atom. The summed E-state index contributed by atoms with van der Waals surface area (Å²) in [6.07, 6.45) is 1.80. The van der Waals surface area contributed by atoms with Crippen LogP contribution in [0.15, 0.2) is 36.5 Å². The zero-order valence-corrected chi connectivity index (χ0v) is 8.77. The lowest BCUT2D eigenvalue weighted by Gasteiger charge is -1.97. The van der Waals surface area contributed by atoms with Gasteiger partial charge in [0.25, 0.3) is 0 Å². The van der Waals surface area contributed by atoms with Gasteiger partial charge in [0.1, 0.15) is 0 Å². The quantitative estimate of drug-likeness (QED) is 0.656. The molecule has 76 valence electrons. The fraction of sp³-hybridized carbons (Fsp3) is 0.167. The van der Waals surface area contributed by atoms with Crippen molar-refractivity contribution in [3.63, 3.8) is 0 Å². The third-order valence-corrected chi connectivity index (χ3v) is 1.94. The van der Waals surface area contributed by atoms with Crippen LogP contribution in [-0.4, -0.2) is 10.5 Å². The third kappa shape index (κ3) is 2.44. The molecule has 0 saturated carbocycles. The Morgan fingerprint density at radius 2 is 1.93 bits per heavy atom. The third-order valence-electron chi connectivity index (χ3n) is 1.94. The first kappa shape index (κ1) is 11.0. The largest absolute Gasteiger partial charge is 0.287 e. The lowest BCUT2D eigenvalue weighted by molar-refractivity contribution is 0.0941.